The van der Waals surface area contributed by atoms with Crippen molar-refractivity contribution in [3.05, 3.63) is 0 Å². The fourth-order valence-electron chi connectivity index (χ4n) is 11.9. The van der Waals surface area contributed by atoms with Crippen LogP contribution in [0.4, 0.5) is 0 Å². The summed E-state index contributed by atoms with van der Waals surface area (Å²) in [6, 6.07) is -1.06. The molecule has 394 valence electrons. The molecule has 0 aromatic carbocycles. The number of hydrogen-bond acceptors (Lipinski definition) is 13. The number of alkyl halides is 1. The lowest BCUT2D eigenvalue weighted by atomic mass is 9.43. The van der Waals surface area contributed by atoms with Gasteiger partial charge in [0.1, 0.15) is 19.3 Å². The maximum Gasteiger partial charge on any atom is 0.326 e. The van der Waals surface area contributed by atoms with Gasteiger partial charge in [-0.05, 0) is 123 Å². The van der Waals surface area contributed by atoms with E-state index in [0.717, 1.165) is 51.4 Å². The number of carboxylic acid groups (broad SMARTS) is 2. The number of nitrogens with one attached hydrogen (secondary N) is 5. The smallest absolute Gasteiger partial charge is 0.326 e. The molecule has 4 aliphatic rings. The Morgan fingerprint density at radius 1 is 0.652 bits per heavy atom. The molecule has 21 heteroatoms. The van der Waals surface area contributed by atoms with Gasteiger partial charge in [0.2, 0.25) is 29.5 Å². The van der Waals surface area contributed by atoms with Crippen LogP contribution in [0.1, 0.15) is 117 Å². The largest absolute Gasteiger partial charge is 0.481 e. The summed E-state index contributed by atoms with van der Waals surface area (Å²) in [5.41, 5.74) is 2.79. The maximum absolute atomic E-state index is 12.6. The maximum atomic E-state index is 12.6. The lowest BCUT2D eigenvalue weighted by molar-refractivity contribution is -0.186. The van der Waals surface area contributed by atoms with Crippen LogP contribution >= 0.6 is 15.9 Å². The van der Waals surface area contributed by atoms with Crippen molar-refractivity contribution < 1.29 is 72.7 Å². The monoisotopic (exact) mass is 1050 g/mol. The molecule has 4 rings (SSSR count). The van der Waals surface area contributed by atoms with E-state index in [1.54, 1.807) is 0 Å². The van der Waals surface area contributed by atoms with Crippen LogP contribution in [-0.4, -0.2) is 153 Å². The van der Waals surface area contributed by atoms with E-state index in [-0.39, 0.29) is 155 Å². The molecule has 0 bridgehead atoms. The first-order chi connectivity index (χ1) is 33.0. The first-order valence-corrected chi connectivity index (χ1v) is 26.1. The van der Waals surface area contributed by atoms with Gasteiger partial charge in [0.05, 0.1) is 57.2 Å². The Labute approximate surface area is 415 Å². The Bertz CT molecular complexity index is 1680. The molecule has 0 saturated heterocycles. The van der Waals surface area contributed by atoms with Crippen LogP contribution in [0.2, 0.25) is 0 Å². The van der Waals surface area contributed by atoms with E-state index >= 15 is 0 Å². The molecule has 0 aliphatic heterocycles. The fraction of sp³-hybridized carbons (Fsp3) is 0.854. The predicted octanol–water partition coefficient (Wildman–Crippen LogP) is 2.86. The molecule has 4 saturated carbocycles. The molecule has 4 fully saturated rings. The number of fused-ring (bicyclic) bond motifs is 5. The van der Waals surface area contributed by atoms with Crippen molar-refractivity contribution in [2.45, 2.75) is 135 Å². The quantitative estimate of drug-likeness (QED) is 0.0267. The highest BCUT2D eigenvalue weighted by atomic mass is 79.9. The molecule has 4 aliphatic carbocycles. The molecule has 0 radical (unpaired) electrons. The first-order valence-electron chi connectivity index (χ1n) is 25.0. The van der Waals surface area contributed by atoms with Gasteiger partial charge in [-0.1, -0.05) is 36.7 Å². The summed E-state index contributed by atoms with van der Waals surface area (Å²) < 4.78 is 21.4. The zero-order valence-electron chi connectivity index (χ0n) is 40.9. The van der Waals surface area contributed by atoms with Gasteiger partial charge in [-0.25, -0.2) is 10.3 Å². The summed E-state index contributed by atoms with van der Waals surface area (Å²) in [6.45, 7) is 8.44. The normalized spacial score (nSPS) is 27.9. The molecule has 0 spiro atoms. The summed E-state index contributed by atoms with van der Waals surface area (Å²) in [6.07, 6.45) is 9.29. The van der Waals surface area contributed by atoms with Gasteiger partial charge in [-0.3, -0.25) is 33.6 Å². The summed E-state index contributed by atoms with van der Waals surface area (Å²) in [7, 11) is 0. The first kappa shape index (κ1) is 58.1. The van der Waals surface area contributed by atoms with Gasteiger partial charge in [0.15, 0.2) is 0 Å². The number of ether oxygens (including phenoxy) is 4. The second kappa shape index (κ2) is 29.8. The van der Waals surface area contributed by atoms with Crippen molar-refractivity contribution in [2.24, 2.45) is 46.3 Å². The number of rotatable bonds is 33. The standard InChI is InChI=1S/C48H80BrN5O15/c1-31(7-12-44(61)62)34-8-9-35-45-36(14-16-48(34,35)3)47(2)15-13-33(26-32(47)27-38(45)55)69-54-40(57)11-10-39(56)51-18-20-65-22-24-67-29-42(59)52-19-21-66-23-25-68-30-43(60)53-37(46(63)64)6-4-5-17-50-41(58)28-49/h31-38,45,55H,4-30H2,1-3H3,(H,50,58)(H,51,56)(H,52,59)(H,53,60)(H,54,57)(H,61,62)(H,63,64)/t31-,32+,33+,34-,35?,36+,37+,38+,45+,47+,48-/m1/s1. The number of aliphatic carboxylic acids is 2. The van der Waals surface area contributed by atoms with E-state index in [9.17, 15) is 48.9 Å². The predicted molar refractivity (Wildman–Crippen MR) is 254 cm³/mol. The van der Waals surface area contributed by atoms with Crippen LogP contribution in [0, 0.1) is 46.3 Å². The molecule has 0 aromatic heterocycles. The van der Waals surface area contributed by atoms with E-state index in [1.807, 2.05) is 0 Å². The number of aliphatic hydroxyl groups is 1. The van der Waals surface area contributed by atoms with Crippen molar-refractivity contribution in [3.63, 3.8) is 0 Å². The molecule has 11 atom stereocenters. The third-order valence-electron chi connectivity index (χ3n) is 15.5. The number of carbonyl (C=O) groups excluding carboxylic acids is 5. The van der Waals surface area contributed by atoms with Crippen LogP contribution < -0.4 is 26.7 Å². The summed E-state index contributed by atoms with van der Waals surface area (Å²) in [5, 5.41) is 41.0. The second-order valence-electron chi connectivity index (χ2n) is 19.9. The van der Waals surface area contributed by atoms with Gasteiger partial charge in [0, 0.05) is 38.9 Å². The Morgan fingerprint density at radius 3 is 1.93 bits per heavy atom. The van der Waals surface area contributed by atoms with Gasteiger partial charge in [0.25, 0.3) is 0 Å². The lowest BCUT2D eigenvalue weighted by Gasteiger charge is -2.62. The number of amides is 5. The Hall–Kier alpha value is -3.47. The molecular formula is C48H80BrN5O15. The highest BCUT2D eigenvalue weighted by molar-refractivity contribution is 9.09. The molecule has 5 amide bonds. The number of hydroxylamine groups is 1. The Kier molecular flexibility index (Phi) is 25.1. The zero-order chi connectivity index (χ0) is 50.4. The molecule has 0 aromatic rings. The molecule has 0 heterocycles. The molecule has 20 nitrogen and oxygen atoms in total. The molecule has 1 unspecified atom stereocenters. The average molecular weight is 1050 g/mol. The van der Waals surface area contributed by atoms with Gasteiger partial charge < -0.3 is 55.5 Å². The van der Waals surface area contributed by atoms with Crippen LogP contribution in [0.25, 0.3) is 0 Å². The van der Waals surface area contributed by atoms with Crippen molar-refractivity contribution in [3.8, 4) is 0 Å². The lowest BCUT2D eigenvalue weighted by Crippen LogP contribution is -2.59. The second-order valence-corrected chi connectivity index (χ2v) is 20.5. The number of aliphatic hydroxyl groups excluding tert-OH is 1. The Morgan fingerprint density at radius 2 is 1.26 bits per heavy atom. The number of carboxylic acids is 2. The molecule has 8 N–H and O–H groups in total. The van der Waals surface area contributed by atoms with E-state index in [2.05, 4.69) is 63.4 Å². The van der Waals surface area contributed by atoms with Gasteiger partial charge >= 0.3 is 11.9 Å². The summed E-state index contributed by atoms with van der Waals surface area (Å²) >= 11 is 3.04. The van der Waals surface area contributed by atoms with Crippen LogP contribution in [-0.2, 0) is 57.3 Å². The van der Waals surface area contributed by atoms with E-state index < -0.39 is 23.9 Å². The fourth-order valence-corrected chi connectivity index (χ4v) is 12.1. The van der Waals surface area contributed by atoms with Gasteiger partial charge in [-0.2, -0.15) is 0 Å². The topological polar surface area (TPSA) is 286 Å². The van der Waals surface area contributed by atoms with Gasteiger partial charge in [-0.15, -0.1) is 0 Å². The van der Waals surface area contributed by atoms with Crippen LogP contribution in [0.15, 0.2) is 0 Å². The number of hydrogen-bond donors (Lipinski definition) is 8. The van der Waals surface area contributed by atoms with Crippen LogP contribution in [0.5, 0.6) is 0 Å². The minimum Gasteiger partial charge on any atom is -0.481 e. The molecular weight excluding hydrogens is 966 g/mol. The van der Waals surface area contributed by atoms with E-state index in [4.69, 9.17) is 23.8 Å². The number of unbranched alkanes of at least 4 members (excludes halogenated alkanes) is 1. The highest BCUT2D eigenvalue weighted by Gasteiger charge is 2.63. The number of halogens is 1. The van der Waals surface area contributed by atoms with E-state index in [0.29, 0.717) is 49.5 Å². The van der Waals surface area contributed by atoms with Crippen molar-refractivity contribution in [2.75, 3.05) is 77.8 Å². The summed E-state index contributed by atoms with van der Waals surface area (Å²) in [5.74, 6) is -1.37. The van der Waals surface area contributed by atoms with Crippen molar-refractivity contribution >= 4 is 57.4 Å². The van der Waals surface area contributed by atoms with Crippen molar-refractivity contribution in [1.29, 1.82) is 0 Å². The summed E-state index contributed by atoms with van der Waals surface area (Å²) in [4.78, 5) is 88.9. The highest BCUT2D eigenvalue weighted by Crippen LogP contribution is 2.68. The molecule has 69 heavy (non-hydrogen) atoms. The average Bonchev–Trinajstić information content (AvgIpc) is 3.67. The third-order valence-corrected chi connectivity index (χ3v) is 16.0. The minimum atomic E-state index is -1.15. The zero-order valence-corrected chi connectivity index (χ0v) is 42.5. The van der Waals surface area contributed by atoms with Crippen LogP contribution in [0.3, 0.4) is 0 Å². The third kappa shape index (κ3) is 18.6. The number of carbonyl (C=O) groups is 7. The SMILES string of the molecule is C[C@H](CCC(=O)O)[C@H]1CCC2[C@@H]3[C@@H](O)C[C@@H]4C[C@@H](ONC(=O)CCC(=O)NCCOCCOCC(=O)NCCOCCOCC(=O)N[C@@H](CCCCNC(=O)CBr)C(=O)O)CC[C@]4(C)[C@H]3CC[C@@]21C. The Balaban J connectivity index is 0.951. The van der Waals surface area contributed by atoms with E-state index in [1.165, 1.54) is 0 Å². The van der Waals surface area contributed by atoms with Crippen molar-refractivity contribution in [1.82, 2.24) is 26.7 Å². The minimum absolute atomic E-state index is 0.00813.